The van der Waals surface area contributed by atoms with Crippen LogP contribution in [0.5, 0.6) is 5.75 Å². The molecular weight excluding hydrogens is 464 g/mol. The van der Waals surface area contributed by atoms with Gasteiger partial charge in [-0.1, -0.05) is 12.1 Å². The van der Waals surface area contributed by atoms with Gasteiger partial charge in [-0.15, -0.1) is 0 Å². The molecule has 3 aliphatic rings. The van der Waals surface area contributed by atoms with Crippen LogP contribution < -0.4 is 20.7 Å². The average molecular weight is 493 g/mol. The molecule has 1 aliphatic carbocycles. The number of nitrogens with one attached hydrogen (secondary N) is 3. The molecule has 0 bridgehead atoms. The predicted octanol–water partition coefficient (Wildman–Crippen LogP) is 1.92. The number of amides is 5. The van der Waals surface area contributed by atoms with Gasteiger partial charge in [0.05, 0.1) is 6.10 Å². The third kappa shape index (κ3) is 5.03. The van der Waals surface area contributed by atoms with Gasteiger partial charge in [-0.2, -0.15) is 0 Å². The highest BCUT2D eigenvalue weighted by atomic mass is 16.5. The van der Waals surface area contributed by atoms with Crippen LogP contribution >= 0.6 is 0 Å². The van der Waals surface area contributed by atoms with Crippen molar-refractivity contribution in [3.8, 4) is 5.75 Å². The lowest BCUT2D eigenvalue weighted by atomic mass is 9.83. The van der Waals surface area contributed by atoms with Crippen LogP contribution in [0.1, 0.15) is 47.2 Å². The SMILES string of the molecule is O=C1CCC(N2Cc3cc(CNC(=O)Nc4ccc(OC5CC(CO)C5)cc4)ccc3C2=O)C(=O)N1. The van der Waals surface area contributed by atoms with Gasteiger partial charge in [0.2, 0.25) is 11.8 Å². The summed E-state index contributed by atoms with van der Waals surface area (Å²) in [6, 6.07) is 11.5. The topological polar surface area (TPSA) is 137 Å². The Labute approximate surface area is 208 Å². The third-order valence-corrected chi connectivity index (χ3v) is 6.91. The smallest absolute Gasteiger partial charge is 0.319 e. The number of hydrogen-bond acceptors (Lipinski definition) is 6. The number of rotatable bonds is 7. The Balaban J connectivity index is 1.11. The van der Waals surface area contributed by atoms with Crippen LogP contribution in [-0.2, 0) is 22.7 Å². The Hall–Kier alpha value is -3.92. The highest BCUT2D eigenvalue weighted by Crippen LogP contribution is 2.31. The first-order valence-electron chi connectivity index (χ1n) is 12.1. The van der Waals surface area contributed by atoms with E-state index in [1.54, 1.807) is 36.4 Å². The molecule has 2 aromatic rings. The molecule has 2 heterocycles. The molecule has 36 heavy (non-hydrogen) atoms. The van der Waals surface area contributed by atoms with E-state index < -0.39 is 11.9 Å². The standard InChI is InChI=1S/C26H28N4O6/c31-14-16-10-20(11-16)36-19-4-2-18(3-5-19)28-26(35)27-12-15-1-6-21-17(9-15)13-30(25(21)34)22-7-8-23(32)29-24(22)33/h1-6,9,16,20,22,31H,7-8,10-14H2,(H2,27,28,35)(H,29,32,33). The number of benzene rings is 2. The fraction of sp³-hybridized carbons (Fsp3) is 0.385. The molecule has 0 aromatic heterocycles. The number of hydrogen-bond donors (Lipinski definition) is 4. The summed E-state index contributed by atoms with van der Waals surface area (Å²) in [5, 5.41) is 17.0. The molecule has 10 heteroatoms. The Morgan fingerprint density at radius 2 is 1.89 bits per heavy atom. The monoisotopic (exact) mass is 492 g/mol. The lowest BCUT2D eigenvalue weighted by molar-refractivity contribution is -0.136. The molecule has 10 nitrogen and oxygen atoms in total. The molecule has 1 unspecified atom stereocenters. The molecule has 188 valence electrons. The summed E-state index contributed by atoms with van der Waals surface area (Å²) in [5.41, 5.74) is 2.77. The number of anilines is 1. The molecule has 5 rings (SSSR count). The zero-order valence-electron chi connectivity index (χ0n) is 19.7. The van der Waals surface area contributed by atoms with E-state index in [2.05, 4.69) is 16.0 Å². The number of carbonyl (C=O) groups is 4. The van der Waals surface area contributed by atoms with Gasteiger partial charge >= 0.3 is 6.03 Å². The molecule has 1 atom stereocenters. The largest absolute Gasteiger partial charge is 0.490 e. The van der Waals surface area contributed by atoms with Gasteiger partial charge in [-0.25, -0.2) is 4.79 Å². The Morgan fingerprint density at radius 3 is 2.61 bits per heavy atom. The lowest BCUT2D eigenvalue weighted by Crippen LogP contribution is -2.52. The number of aliphatic hydroxyl groups excluding tert-OH is 1. The average Bonchev–Trinajstić information content (AvgIpc) is 3.16. The molecule has 5 amide bonds. The number of imide groups is 1. The maximum atomic E-state index is 12.8. The number of nitrogens with zero attached hydrogens (tertiary/aromatic N) is 1. The molecule has 4 N–H and O–H groups in total. The summed E-state index contributed by atoms with van der Waals surface area (Å²) in [6.07, 6.45) is 2.36. The summed E-state index contributed by atoms with van der Waals surface area (Å²) >= 11 is 0. The van der Waals surface area contributed by atoms with E-state index in [1.165, 1.54) is 4.90 Å². The summed E-state index contributed by atoms with van der Waals surface area (Å²) in [5.74, 6) is 0.0667. The summed E-state index contributed by atoms with van der Waals surface area (Å²) in [4.78, 5) is 50.3. The van der Waals surface area contributed by atoms with Crippen LogP contribution in [0.15, 0.2) is 42.5 Å². The Kier molecular flexibility index (Phi) is 6.60. The first-order valence-corrected chi connectivity index (χ1v) is 12.1. The van der Waals surface area contributed by atoms with Gasteiger partial charge in [0.1, 0.15) is 11.8 Å². The minimum atomic E-state index is -0.655. The van der Waals surface area contributed by atoms with E-state index in [9.17, 15) is 19.2 Å². The maximum Gasteiger partial charge on any atom is 0.319 e. The second-order valence-electron chi connectivity index (χ2n) is 9.48. The van der Waals surface area contributed by atoms with Crippen LogP contribution in [0.3, 0.4) is 0 Å². The van der Waals surface area contributed by atoms with Crippen molar-refractivity contribution in [1.29, 1.82) is 0 Å². The summed E-state index contributed by atoms with van der Waals surface area (Å²) < 4.78 is 5.84. The van der Waals surface area contributed by atoms with Crippen molar-refractivity contribution in [3.63, 3.8) is 0 Å². The first-order chi connectivity index (χ1) is 17.4. The van der Waals surface area contributed by atoms with Gasteiger partial charge in [0.25, 0.3) is 5.91 Å². The highest BCUT2D eigenvalue weighted by molar-refractivity contribution is 6.05. The number of aliphatic hydroxyl groups is 1. The van der Waals surface area contributed by atoms with Gasteiger partial charge in [-0.05, 0) is 66.6 Å². The Bertz CT molecular complexity index is 1190. The fourth-order valence-electron chi connectivity index (χ4n) is 4.82. The van der Waals surface area contributed by atoms with E-state index in [0.29, 0.717) is 23.6 Å². The molecule has 2 aliphatic heterocycles. The predicted molar refractivity (Wildman–Crippen MR) is 129 cm³/mol. The van der Waals surface area contributed by atoms with E-state index in [4.69, 9.17) is 9.84 Å². The van der Waals surface area contributed by atoms with Crippen molar-refractivity contribution < 1.29 is 29.0 Å². The van der Waals surface area contributed by atoms with Gasteiger partial charge in [0.15, 0.2) is 0 Å². The van der Waals surface area contributed by atoms with Crippen molar-refractivity contribution in [2.24, 2.45) is 5.92 Å². The van der Waals surface area contributed by atoms with Crippen LogP contribution in [-0.4, -0.2) is 52.5 Å². The van der Waals surface area contributed by atoms with Crippen LogP contribution in [0.4, 0.5) is 10.5 Å². The highest BCUT2D eigenvalue weighted by Gasteiger charge is 2.39. The van der Waals surface area contributed by atoms with Crippen LogP contribution in [0.2, 0.25) is 0 Å². The summed E-state index contributed by atoms with van der Waals surface area (Å²) in [6.45, 7) is 0.749. The van der Waals surface area contributed by atoms with Crippen LogP contribution in [0, 0.1) is 5.92 Å². The van der Waals surface area contributed by atoms with E-state index in [-0.39, 0.29) is 50.1 Å². The zero-order valence-corrected chi connectivity index (χ0v) is 19.7. The van der Waals surface area contributed by atoms with Gasteiger partial charge in [0, 0.05) is 37.4 Å². The summed E-state index contributed by atoms with van der Waals surface area (Å²) in [7, 11) is 0. The molecule has 1 saturated carbocycles. The van der Waals surface area contributed by atoms with E-state index in [1.807, 2.05) is 6.07 Å². The van der Waals surface area contributed by atoms with Crippen LogP contribution in [0.25, 0.3) is 0 Å². The third-order valence-electron chi connectivity index (χ3n) is 6.91. The number of fused-ring (bicyclic) bond motifs is 1. The molecule has 1 saturated heterocycles. The van der Waals surface area contributed by atoms with Gasteiger partial charge in [-0.3, -0.25) is 19.7 Å². The minimum Gasteiger partial charge on any atom is -0.490 e. The van der Waals surface area contributed by atoms with Crippen molar-refractivity contribution in [3.05, 3.63) is 59.2 Å². The second-order valence-corrected chi connectivity index (χ2v) is 9.48. The molecule has 0 radical (unpaired) electrons. The second kappa shape index (κ2) is 9.98. The molecule has 2 fully saturated rings. The number of piperidine rings is 1. The van der Waals surface area contributed by atoms with Crippen molar-refractivity contribution in [2.75, 3.05) is 11.9 Å². The quantitative estimate of drug-likeness (QED) is 0.436. The molecular formula is C26H28N4O6. The minimum absolute atomic E-state index is 0.128. The van der Waals surface area contributed by atoms with Crippen molar-refractivity contribution in [2.45, 2.75) is 50.9 Å². The number of carbonyl (C=O) groups excluding carboxylic acids is 4. The normalized spacial score (nSPS) is 23.0. The first kappa shape index (κ1) is 23.8. The van der Waals surface area contributed by atoms with E-state index >= 15 is 0 Å². The Morgan fingerprint density at radius 1 is 1.11 bits per heavy atom. The maximum absolute atomic E-state index is 12.8. The zero-order chi connectivity index (χ0) is 25.2. The van der Waals surface area contributed by atoms with Crippen molar-refractivity contribution >= 4 is 29.4 Å². The fourth-order valence-corrected chi connectivity index (χ4v) is 4.82. The number of urea groups is 1. The van der Waals surface area contributed by atoms with Crippen molar-refractivity contribution in [1.82, 2.24) is 15.5 Å². The van der Waals surface area contributed by atoms with Gasteiger partial charge < -0.3 is 25.4 Å². The molecule has 2 aromatic carbocycles. The number of ether oxygens (including phenoxy) is 1. The lowest BCUT2D eigenvalue weighted by Gasteiger charge is -2.34. The van der Waals surface area contributed by atoms with E-state index in [0.717, 1.165) is 29.7 Å². The molecule has 0 spiro atoms.